The third-order valence-corrected chi connectivity index (χ3v) is 3.48. The topological polar surface area (TPSA) is 73.9 Å². The molecule has 2 rings (SSSR count). The SMILES string of the molecule is CC1CCCCN1CCCNC(=O)c1ncn[nH]1. The van der Waals surface area contributed by atoms with Crippen molar-refractivity contribution in [3.05, 3.63) is 12.2 Å². The molecule has 1 aliphatic heterocycles. The molecule has 2 N–H and O–H groups in total. The monoisotopic (exact) mass is 251 g/mol. The van der Waals surface area contributed by atoms with E-state index in [0.717, 1.165) is 13.0 Å². The zero-order chi connectivity index (χ0) is 12.8. The van der Waals surface area contributed by atoms with Gasteiger partial charge in [-0.2, -0.15) is 5.10 Å². The number of H-pyrrole nitrogens is 1. The second-order valence-electron chi connectivity index (χ2n) is 4.82. The number of likely N-dealkylation sites (tertiary alicyclic amines) is 1. The van der Waals surface area contributed by atoms with E-state index in [1.807, 2.05) is 0 Å². The standard InChI is InChI=1S/C12H21N5O/c1-10-5-2-3-7-17(10)8-4-6-13-12(18)11-14-9-15-16-11/h9-10H,2-8H2,1H3,(H,13,18)(H,14,15,16). The van der Waals surface area contributed by atoms with Gasteiger partial charge in [0.25, 0.3) is 5.91 Å². The van der Waals surface area contributed by atoms with Crippen LogP contribution in [-0.4, -0.2) is 51.7 Å². The molecule has 0 bridgehead atoms. The van der Waals surface area contributed by atoms with E-state index in [2.05, 4.69) is 32.3 Å². The highest BCUT2D eigenvalue weighted by atomic mass is 16.2. The van der Waals surface area contributed by atoms with Crippen LogP contribution >= 0.6 is 0 Å². The molecule has 18 heavy (non-hydrogen) atoms. The van der Waals surface area contributed by atoms with E-state index < -0.39 is 0 Å². The lowest BCUT2D eigenvalue weighted by atomic mass is 10.0. The van der Waals surface area contributed by atoms with Crippen LogP contribution in [0.3, 0.4) is 0 Å². The first-order chi connectivity index (χ1) is 8.77. The Morgan fingerprint density at radius 2 is 2.50 bits per heavy atom. The van der Waals surface area contributed by atoms with E-state index in [1.54, 1.807) is 0 Å². The van der Waals surface area contributed by atoms with Gasteiger partial charge in [-0.05, 0) is 32.7 Å². The van der Waals surface area contributed by atoms with Crippen molar-refractivity contribution in [1.29, 1.82) is 0 Å². The number of rotatable bonds is 5. The second kappa shape index (κ2) is 6.49. The average Bonchev–Trinajstić information content (AvgIpc) is 2.90. The number of hydrogen-bond donors (Lipinski definition) is 2. The number of carbonyl (C=O) groups is 1. The van der Waals surface area contributed by atoms with Crippen LogP contribution in [0, 0.1) is 0 Å². The van der Waals surface area contributed by atoms with Crippen molar-refractivity contribution < 1.29 is 4.79 Å². The zero-order valence-electron chi connectivity index (χ0n) is 10.9. The Morgan fingerprint density at radius 3 is 3.22 bits per heavy atom. The molecule has 2 heterocycles. The van der Waals surface area contributed by atoms with E-state index in [0.29, 0.717) is 12.6 Å². The first-order valence-electron chi connectivity index (χ1n) is 6.65. The normalized spacial score (nSPS) is 20.8. The molecule has 1 atom stereocenters. The molecular formula is C12H21N5O. The molecule has 0 spiro atoms. The molecule has 1 unspecified atom stereocenters. The summed E-state index contributed by atoms with van der Waals surface area (Å²) in [6.45, 7) is 5.21. The highest BCUT2D eigenvalue weighted by molar-refractivity contribution is 5.90. The van der Waals surface area contributed by atoms with Crippen molar-refractivity contribution in [3.8, 4) is 0 Å². The van der Waals surface area contributed by atoms with Crippen LogP contribution in [0.4, 0.5) is 0 Å². The fourth-order valence-electron chi connectivity index (χ4n) is 2.37. The Kier molecular flexibility index (Phi) is 4.69. The number of amides is 1. The Bertz CT molecular complexity index is 365. The number of nitrogens with one attached hydrogen (secondary N) is 2. The molecular weight excluding hydrogens is 230 g/mol. The van der Waals surface area contributed by atoms with Crippen LogP contribution in [0.1, 0.15) is 43.2 Å². The van der Waals surface area contributed by atoms with Gasteiger partial charge in [-0.1, -0.05) is 6.42 Å². The maximum Gasteiger partial charge on any atom is 0.288 e. The van der Waals surface area contributed by atoms with E-state index >= 15 is 0 Å². The first-order valence-corrected chi connectivity index (χ1v) is 6.65. The lowest BCUT2D eigenvalue weighted by Gasteiger charge is -2.33. The van der Waals surface area contributed by atoms with Crippen LogP contribution in [0.2, 0.25) is 0 Å². The molecule has 0 saturated carbocycles. The van der Waals surface area contributed by atoms with Gasteiger partial charge in [0.2, 0.25) is 5.82 Å². The third-order valence-electron chi connectivity index (χ3n) is 3.48. The van der Waals surface area contributed by atoms with Gasteiger partial charge in [0, 0.05) is 19.1 Å². The van der Waals surface area contributed by atoms with Gasteiger partial charge in [0.15, 0.2) is 0 Å². The van der Waals surface area contributed by atoms with Crippen LogP contribution in [0.5, 0.6) is 0 Å². The lowest BCUT2D eigenvalue weighted by Crippen LogP contribution is -2.39. The molecule has 0 aliphatic carbocycles. The number of aromatic amines is 1. The highest BCUT2D eigenvalue weighted by Crippen LogP contribution is 2.15. The van der Waals surface area contributed by atoms with Gasteiger partial charge in [-0.15, -0.1) is 0 Å². The van der Waals surface area contributed by atoms with Crippen LogP contribution in [0.25, 0.3) is 0 Å². The van der Waals surface area contributed by atoms with Gasteiger partial charge in [-0.25, -0.2) is 4.98 Å². The fourth-order valence-corrected chi connectivity index (χ4v) is 2.37. The van der Waals surface area contributed by atoms with Crippen LogP contribution in [-0.2, 0) is 0 Å². The quantitative estimate of drug-likeness (QED) is 0.759. The Balaban J connectivity index is 1.62. The Hall–Kier alpha value is -1.43. The van der Waals surface area contributed by atoms with Gasteiger partial charge in [0.05, 0.1) is 0 Å². The third kappa shape index (κ3) is 3.53. The molecule has 1 saturated heterocycles. The summed E-state index contributed by atoms with van der Waals surface area (Å²) >= 11 is 0. The van der Waals surface area contributed by atoms with Crippen molar-refractivity contribution in [3.63, 3.8) is 0 Å². The molecule has 6 nitrogen and oxygen atoms in total. The summed E-state index contributed by atoms with van der Waals surface area (Å²) in [7, 11) is 0. The van der Waals surface area contributed by atoms with Gasteiger partial charge in [0.1, 0.15) is 6.33 Å². The molecule has 1 aromatic heterocycles. The van der Waals surface area contributed by atoms with E-state index in [-0.39, 0.29) is 11.7 Å². The average molecular weight is 251 g/mol. The summed E-state index contributed by atoms with van der Waals surface area (Å²) in [4.78, 5) is 17.9. The number of aromatic nitrogens is 3. The van der Waals surface area contributed by atoms with Crippen molar-refractivity contribution in [2.75, 3.05) is 19.6 Å². The Morgan fingerprint density at radius 1 is 1.61 bits per heavy atom. The van der Waals surface area contributed by atoms with Gasteiger partial charge in [-0.3, -0.25) is 9.89 Å². The molecule has 1 amide bonds. The lowest BCUT2D eigenvalue weighted by molar-refractivity contribution is 0.0939. The fraction of sp³-hybridized carbons (Fsp3) is 0.750. The number of carbonyl (C=O) groups excluding carboxylic acids is 1. The largest absolute Gasteiger partial charge is 0.349 e. The number of hydrogen-bond acceptors (Lipinski definition) is 4. The van der Waals surface area contributed by atoms with Crippen LogP contribution in [0.15, 0.2) is 6.33 Å². The highest BCUT2D eigenvalue weighted by Gasteiger charge is 2.17. The van der Waals surface area contributed by atoms with Crippen molar-refractivity contribution in [1.82, 2.24) is 25.4 Å². The number of nitrogens with zero attached hydrogens (tertiary/aromatic N) is 3. The first kappa shape index (κ1) is 13.0. The van der Waals surface area contributed by atoms with E-state index in [1.165, 1.54) is 32.1 Å². The second-order valence-corrected chi connectivity index (χ2v) is 4.82. The van der Waals surface area contributed by atoms with Crippen molar-refractivity contribution in [2.24, 2.45) is 0 Å². The minimum atomic E-state index is -0.181. The summed E-state index contributed by atoms with van der Waals surface area (Å²) in [6, 6.07) is 0.684. The summed E-state index contributed by atoms with van der Waals surface area (Å²) in [6.07, 6.45) is 6.26. The van der Waals surface area contributed by atoms with Crippen molar-refractivity contribution >= 4 is 5.91 Å². The molecule has 0 radical (unpaired) electrons. The predicted molar refractivity (Wildman–Crippen MR) is 68.2 cm³/mol. The molecule has 1 fully saturated rings. The van der Waals surface area contributed by atoms with E-state index in [4.69, 9.17) is 0 Å². The van der Waals surface area contributed by atoms with Gasteiger partial charge >= 0.3 is 0 Å². The zero-order valence-corrected chi connectivity index (χ0v) is 10.9. The molecule has 1 aromatic rings. The minimum absolute atomic E-state index is 0.181. The molecule has 6 heteroatoms. The minimum Gasteiger partial charge on any atom is -0.349 e. The van der Waals surface area contributed by atoms with E-state index in [9.17, 15) is 4.79 Å². The predicted octanol–water partition coefficient (Wildman–Crippen LogP) is 0.799. The summed E-state index contributed by atoms with van der Waals surface area (Å²) in [5.41, 5.74) is 0. The summed E-state index contributed by atoms with van der Waals surface area (Å²) in [5, 5.41) is 9.04. The van der Waals surface area contributed by atoms with Gasteiger partial charge < -0.3 is 10.2 Å². The number of piperidine rings is 1. The Labute approximate surface area is 107 Å². The smallest absolute Gasteiger partial charge is 0.288 e. The molecule has 0 aromatic carbocycles. The molecule has 1 aliphatic rings. The van der Waals surface area contributed by atoms with Crippen LogP contribution < -0.4 is 5.32 Å². The maximum atomic E-state index is 11.6. The molecule has 100 valence electrons. The summed E-state index contributed by atoms with van der Waals surface area (Å²) < 4.78 is 0. The summed E-state index contributed by atoms with van der Waals surface area (Å²) in [5.74, 6) is 0.0977. The van der Waals surface area contributed by atoms with Crippen molar-refractivity contribution in [2.45, 2.75) is 38.6 Å². The maximum absolute atomic E-state index is 11.6.